The van der Waals surface area contributed by atoms with E-state index in [0.717, 1.165) is 12.1 Å². The molecule has 6 nitrogen and oxygen atoms in total. The third-order valence-corrected chi connectivity index (χ3v) is 3.73. The zero-order valence-electron chi connectivity index (χ0n) is 11.5. The van der Waals surface area contributed by atoms with Crippen molar-refractivity contribution in [2.45, 2.75) is 6.18 Å². The summed E-state index contributed by atoms with van der Waals surface area (Å²) in [5, 5.41) is 14.4. The Balaban J connectivity index is 0.00000264. The number of nitrogens with zero attached hydrogens (tertiary/aromatic N) is 2. The molecule has 0 bridgehead atoms. The summed E-state index contributed by atoms with van der Waals surface area (Å²) in [6.45, 7) is 0. The van der Waals surface area contributed by atoms with Gasteiger partial charge in [0.2, 0.25) is 0 Å². The molecule has 0 unspecified atom stereocenters. The van der Waals surface area contributed by atoms with Crippen molar-refractivity contribution < 1.29 is 52.6 Å². The van der Waals surface area contributed by atoms with Crippen LogP contribution in [0.2, 0.25) is 0 Å². The van der Waals surface area contributed by atoms with Crippen molar-refractivity contribution >= 4 is 34.2 Å². The maximum Gasteiger partial charge on any atom is 1.00 e. The maximum atomic E-state index is 12.7. The van der Waals surface area contributed by atoms with Crippen LogP contribution in [0.3, 0.4) is 0 Å². The van der Waals surface area contributed by atoms with Crippen LogP contribution in [0.25, 0.3) is 5.69 Å². The van der Waals surface area contributed by atoms with Gasteiger partial charge in [0.15, 0.2) is 0 Å². The molecule has 0 amide bonds. The minimum absolute atomic E-state index is 0. The molecule has 0 aliphatic heterocycles. The molecule has 0 aliphatic rings. The number of nitrogen functional groups attached to an aromatic ring is 1. The van der Waals surface area contributed by atoms with Crippen LogP contribution in [0.5, 0.6) is 0 Å². The molecule has 1 aromatic carbocycles. The van der Waals surface area contributed by atoms with Gasteiger partial charge in [-0.15, -0.1) is 0 Å². The molecular weight excluding hydrogens is 441 g/mol. The molecule has 0 radical (unpaired) electrons. The second-order valence-corrected chi connectivity index (χ2v) is 5.21. The Hall–Kier alpha value is -1.11. The Morgan fingerprint density at radius 1 is 1.35 bits per heavy atom. The van der Waals surface area contributed by atoms with E-state index in [2.05, 4.69) is 5.10 Å². The summed E-state index contributed by atoms with van der Waals surface area (Å²) in [6, 6.07) is 3.76. The number of halogens is 4. The van der Waals surface area contributed by atoms with Crippen molar-refractivity contribution in [2.24, 2.45) is 0 Å². The van der Waals surface area contributed by atoms with E-state index in [4.69, 9.17) is 5.73 Å². The van der Waals surface area contributed by atoms with Crippen LogP contribution in [0.1, 0.15) is 16.1 Å². The molecule has 0 saturated heterocycles. The van der Waals surface area contributed by atoms with Crippen molar-refractivity contribution in [2.75, 3.05) is 5.73 Å². The van der Waals surface area contributed by atoms with Gasteiger partial charge < -0.3 is 15.6 Å². The fourth-order valence-corrected chi connectivity index (χ4v) is 2.14. The second kappa shape index (κ2) is 7.20. The largest absolute Gasteiger partial charge is 1.00 e. The van der Waals surface area contributed by atoms with Crippen LogP contribution in [0.4, 0.5) is 18.9 Å². The molecule has 2 aromatic rings. The quantitative estimate of drug-likeness (QED) is 0.417. The molecule has 116 valence electrons. The minimum atomic E-state index is -4.61. The van der Waals surface area contributed by atoms with Gasteiger partial charge in [0.25, 0.3) is 5.56 Å². The average Bonchev–Trinajstić information content (AvgIpc) is 2.44. The zero-order chi connectivity index (χ0) is 16.7. The fraction of sp³-hybridized carbons (Fsp3) is 0.0833. The summed E-state index contributed by atoms with van der Waals surface area (Å²) in [7, 11) is 0. The molecular formula is C12H6F3IN3NaO3. The smallest absolute Gasteiger partial charge is 0.543 e. The summed E-state index contributed by atoms with van der Waals surface area (Å²) in [6.07, 6.45) is -4.61. The Kier molecular flexibility index (Phi) is 6.24. The predicted octanol–water partition coefficient (Wildman–Crippen LogP) is -2.19. The van der Waals surface area contributed by atoms with Gasteiger partial charge >= 0.3 is 35.7 Å². The summed E-state index contributed by atoms with van der Waals surface area (Å²) in [5.74, 6) is -1.74. The molecule has 0 atom stereocenters. The molecule has 2 rings (SSSR count). The molecule has 0 fully saturated rings. The number of alkyl halides is 3. The van der Waals surface area contributed by atoms with E-state index in [0.29, 0.717) is 10.7 Å². The average molecular weight is 447 g/mol. The number of carbonyl (C=O) groups is 1. The zero-order valence-corrected chi connectivity index (χ0v) is 15.7. The number of benzene rings is 1. The number of carbonyl (C=O) groups excluding carboxylic acids is 1. The number of rotatable bonds is 2. The van der Waals surface area contributed by atoms with Crippen molar-refractivity contribution in [3.63, 3.8) is 0 Å². The van der Waals surface area contributed by atoms with Gasteiger partial charge in [-0.25, -0.2) is 0 Å². The van der Waals surface area contributed by atoms with E-state index in [1.807, 2.05) is 0 Å². The van der Waals surface area contributed by atoms with E-state index >= 15 is 0 Å². The second-order valence-electron chi connectivity index (χ2n) is 4.13. The van der Waals surface area contributed by atoms with Gasteiger partial charge in [0.05, 0.1) is 22.9 Å². The van der Waals surface area contributed by atoms with Crippen LogP contribution in [-0.4, -0.2) is 15.7 Å². The van der Waals surface area contributed by atoms with Crippen molar-refractivity contribution in [3.05, 3.63) is 49.4 Å². The van der Waals surface area contributed by atoms with Crippen molar-refractivity contribution in [1.29, 1.82) is 0 Å². The summed E-state index contributed by atoms with van der Waals surface area (Å²) >= 11 is 1.49. The normalized spacial score (nSPS) is 11.0. The number of aromatic nitrogens is 2. The number of hydrogen-bond donors (Lipinski definition) is 1. The van der Waals surface area contributed by atoms with E-state index in [1.54, 1.807) is 0 Å². The first-order valence-electron chi connectivity index (χ1n) is 5.60. The summed E-state index contributed by atoms with van der Waals surface area (Å²) < 4.78 is 38.5. The predicted molar refractivity (Wildman–Crippen MR) is 76.3 cm³/mol. The SMILES string of the molecule is Nc1c(C(=O)[O-])nn(-c2cccc(C(F)(F)F)c2)c(=O)c1I.[Na+]. The van der Waals surface area contributed by atoms with Gasteiger partial charge in [-0.2, -0.15) is 23.0 Å². The fourth-order valence-electron chi connectivity index (χ4n) is 1.65. The Labute approximate surface area is 162 Å². The number of nitrogens with two attached hydrogens (primary N) is 1. The summed E-state index contributed by atoms with van der Waals surface area (Å²) in [5.41, 5.74) is 2.26. The maximum absolute atomic E-state index is 12.7. The Bertz CT molecular complexity index is 823. The van der Waals surface area contributed by atoms with Crippen molar-refractivity contribution in [3.8, 4) is 5.69 Å². The van der Waals surface area contributed by atoms with Gasteiger partial charge in [-0.1, -0.05) is 6.07 Å². The van der Waals surface area contributed by atoms with Crippen LogP contribution >= 0.6 is 22.6 Å². The van der Waals surface area contributed by atoms with E-state index in [9.17, 15) is 27.9 Å². The minimum Gasteiger partial charge on any atom is -0.543 e. The van der Waals surface area contributed by atoms with Crippen LogP contribution in [0.15, 0.2) is 29.1 Å². The number of carboxylic acids is 1. The molecule has 1 aromatic heterocycles. The first kappa shape index (κ1) is 19.9. The monoisotopic (exact) mass is 447 g/mol. The molecule has 23 heavy (non-hydrogen) atoms. The van der Waals surface area contributed by atoms with Crippen LogP contribution < -0.4 is 46.0 Å². The number of anilines is 1. The third-order valence-electron chi connectivity index (χ3n) is 2.68. The molecule has 0 aliphatic carbocycles. The molecule has 1 heterocycles. The van der Waals surface area contributed by atoms with E-state index in [-0.39, 0.29) is 38.8 Å². The molecule has 2 N–H and O–H groups in total. The van der Waals surface area contributed by atoms with Gasteiger partial charge in [0, 0.05) is 0 Å². The first-order chi connectivity index (χ1) is 10.1. The molecule has 11 heteroatoms. The Morgan fingerprint density at radius 2 is 1.96 bits per heavy atom. The molecule has 0 saturated carbocycles. The number of carboxylic acid groups (broad SMARTS) is 1. The van der Waals surface area contributed by atoms with Crippen molar-refractivity contribution in [1.82, 2.24) is 9.78 Å². The van der Waals surface area contributed by atoms with Crippen LogP contribution in [-0.2, 0) is 6.18 Å². The van der Waals surface area contributed by atoms with E-state index < -0.39 is 34.6 Å². The van der Waals surface area contributed by atoms with Crippen LogP contribution in [0, 0.1) is 3.57 Å². The first-order valence-corrected chi connectivity index (χ1v) is 6.68. The van der Waals surface area contributed by atoms with Gasteiger partial charge in [-0.3, -0.25) is 4.79 Å². The van der Waals surface area contributed by atoms with Gasteiger partial charge in [0.1, 0.15) is 9.26 Å². The standard InChI is InChI=1S/C12H7F3IN3O3.Na/c13-12(14,15)5-2-1-3-6(4-5)19-10(20)7(16)8(17)9(18-19)11(21)22;/h1-4H,17H2,(H,21,22);/q;+1/p-1. The topological polar surface area (TPSA) is 101 Å². The molecule has 0 spiro atoms. The Morgan fingerprint density at radius 3 is 2.48 bits per heavy atom. The number of hydrogen-bond acceptors (Lipinski definition) is 5. The van der Waals surface area contributed by atoms with Gasteiger partial charge in [-0.05, 0) is 40.8 Å². The number of aromatic carboxylic acids is 1. The summed E-state index contributed by atoms with van der Waals surface area (Å²) in [4.78, 5) is 23.0. The van der Waals surface area contributed by atoms with E-state index in [1.165, 1.54) is 28.7 Å². The third kappa shape index (κ3) is 4.05.